The molecule has 0 aromatic carbocycles. The number of aliphatic hydroxyl groups is 1. The van der Waals surface area contributed by atoms with E-state index in [9.17, 15) is 92.0 Å². The van der Waals surface area contributed by atoms with E-state index in [1.165, 1.54) is 16.7 Å². The monoisotopic (exact) mass is 1690 g/mol. The van der Waals surface area contributed by atoms with Crippen molar-refractivity contribution in [2.45, 2.75) is 204 Å². The quantitative estimate of drug-likeness (QED) is 0.0117. The molecule has 0 radical (unpaired) electrons. The number of nitrogens with two attached hydrogens (primary N) is 7. The van der Waals surface area contributed by atoms with Gasteiger partial charge in [0.25, 0.3) is 0 Å². The number of aliphatic carboxylic acids is 2. The molecule has 0 aromatic heterocycles. The van der Waals surface area contributed by atoms with Crippen molar-refractivity contribution in [1.29, 1.82) is 0 Å². The molecule has 2 saturated heterocycles. The van der Waals surface area contributed by atoms with Crippen molar-refractivity contribution in [3.63, 3.8) is 0 Å². The maximum Gasteiger partial charge on any atom is 0.305 e. The summed E-state index contributed by atoms with van der Waals surface area (Å²) in [5.41, 5.74) is 38.5. The number of aliphatic hydroxyl groups excluding tert-OH is 1. The van der Waals surface area contributed by atoms with Crippen LogP contribution >= 0.6 is 33.3 Å². The topological polar surface area (TPSA) is 759 Å². The van der Waals surface area contributed by atoms with Gasteiger partial charge in [-0.3, -0.25) is 101 Å². The summed E-state index contributed by atoms with van der Waals surface area (Å²) in [5.74, 6) is -21.9. The standard InChI is InChI=1S/C66H113N25O21S3/c1-31(2)22-39(81-47(94)26-78-54(103)43(28-92)89-59(108)41(24-49(96)97)80-34(6)93)57(106)90-45-30-115-114-29-44(60(109)88-42(25-50(98)99)56(105)79-33(5)52(101)83-35(51(67)100)12-8-17-74-64(68)69)82-48(95)27-77-53(102)36(13-9-18-75-65(70)71)84-58(107)40(23-32(3)4)87-55(104)37(14-10-19-76-66(72)73)85-62(111)46-15-11-20-91(46)63(112)38(16-21-113-7)86-61(45)110/h31-33,35-46,92H,8-30H2,1-7H3,(H2,67,100)(H,77,102)(H,78,103)(H,79,105)(H,80,93)(H,81,94)(H,82,95)(H,83,101)(H,84,107)(H,85,111)(H,86,110)(H,87,104)(H,88,109)(H,89,108)(H,90,106)(H,96,97)(H,98,99)(H4,68,69,74)(H4,70,71,75)(H4,72,73,76)/t33-,35-,36-,37-,38-,39-,40-,41-,42-,43-,44-,45-,46-/m0/s1. The van der Waals surface area contributed by atoms with Crippen molar-refractivity contribution in [2.24, 2.45) is 66.9 Å². The molecule has 13 atom stereocenters. The second kappa shape index (κ2) is 52.6. The number of amides is 16. The van der Waals surface area contributed by atoms with Gasteiger partial charge in [-0.15, -0.1) is 0 Å². The molecule has 16 amide bonds. The lowest BCUT2D eigenvalue weighted by Gasteiger charge is -2.31. The maximum atomic E-state index is 15.1. The van der Waals surface area contributed by atoms with Gasteiger partial charge in [-0.25, -0.2) is 0 Å². The second-order valence-electron chi connectivity index (χ2n) is 27.6. The Bertz CT molecular complexity index is 3480. The van der Waals surface area contributed by atoms with Crippen molar-refractivity contribution in [3.05, 3.63) is 0 Å². The van der Waals surface area contributed by atoms with E-state index in [1.54, 1.807) is 34.0 Å². The summed E-state index contributed by atoms with van der Waals surface area (Å²) in [4.78, 5) is 260. The predicted molar refractivity (Wildman–Crippen MR) is 423 cm³/mol. The van der Waals surface area contributed by atoms with Crippen LogP contribution in [-0.2, 0) is 86.3 Å². The summed E-state index contributed by atoms with van der Waals surface area (Å²) in [6.45, 7) is 5.86. The molecular weight excluding hydrogens is 1580 g/mol. The Hall–Kier alpha value is -10.7. The van der Waals surface area contributed by atoms with Crippen LogP contribution in [0.15, 0.2) is 15.0 Å². The normalized spacial score (nSPS) is 20.4. The first-order valence-electron chi connectivity index (χ1n) is 36.8. The molecule has 0 aliphatic carbocycles. The third kappa shape index (κ3) is 39.7. The van der Waals surface area contributed by atoms with E-state index in [0.29, 0.717) is 0 Å². The minimum Gasteiger partial charge on any atom is -0.481 e. The van der Waals surface area contributed by atoms with Crippen LogP contribution in [0, 0.1) is 11.8 Å². The molecule has 2 fully saturated rings. The number of guanidine groups is 3. The minimum atomic E-state index is -2.04. The van der Waals surface area contributed by atoms with Crippen LogP contribution in [0.4, 0.5) is 0 Å². The van der Waals surface area contributed by atoms with E-state index < -0.39 is 235 Å². The Kier molecular flexibility index (Phi) is 45.9. The lowest BCUT2D eigenvalue weighted by Crippen LogP contribution is -2.60. The highest BCUT2D eigenvalue weighted by Crippen LogP contribution is 2.25. The maximum absolute atomic E-state index is 15.1. The lowest BCUT2D eigenvalue weighted by atomic mass is 10.0. The van der Waals surface area contributed by atoms with Gasteiger partial charge in [0.1, 0.15) is 78.5 Å². The number of nitrogens with zero attached hydrogens (tertiary/aromatic N) is 4. The fourth-order valence-electron chi connectivity index (χ4n) is 11.2. The fourth-order valence-corrected chi connectivity index (χ4v) is 14.0. The number of carbonyl (C=O) groups excluding carboxylic acids is 16. The highest BCUT2D eigenvalue weighted by atomic mass is 33.1. The van der Waals surface area contributed by atoms with Crippen LogP contribution in [0.25, 0.3) is 0 Å². The molecule has 0 unspecified atom stereocenters. The van der Waals surface area contributed by atoms with Crippen LogP contribution < -0.4 is 115 Å². The molecule has 2 heterocycles. The summed E-state index contributed by atoms with van der Waals surface area (Å²) < 4.78 is 0. The molecule has 0 saturated carbocycles. The highest BCUT2D eigenvalue weighted by molar-refractivity contribution is 8.76. The summed E-state index contributed by atoms with van der Waals surface area (Å²) in [7, 11) is 1.47. The average molecular weight is 1690 g/mol. The van der Waals surface area contributed by atoms with Gasteiger partial charge in [0.05, 0.1) is 32.5 Å². The van der Waals surface area contributed by atoms with Gasteiger partial charge in [0.2, 0.25) is 94.5 Å². The third-order valence-corrected chi connectivity index (χ3v) is 19.9. The molecule has 46 nitrogen and oxygen atoms in total. The molecular formula is C66H113N25O21S3. The third-order valence-electron chi connectivity index (χ3n) is 16.9. The first kappa shape index (κ1) is 100. The van der Waals surface area contributed by atoms with Gasteiger partial charge in [-0.1, -0.05) is 49.3 Å². The Morgan fingerprint density at radius 1 is 0.565 bits per heavy atom. The molecule has 646 valence electrons. The molecule has 31 N–H and O–H groups in total. The van der Waals surface area contributed by atoms with Crippen LogP contribution in [0.2, 0.25) is 0 Å². The predicted octanol–water partition coefficient (Wildman–Crippen LogP) is -10.1. The zero-order valence-corrected chi connectivity index (χ0v) is 67.6. The van der Waals surface area contributed by atoms with Crippen LogP contribution in [0.5, 0.6) is 0 Å². The van der Waals surface area contributed by atoms with Crippen molar-refractivity contribution in [2.75, 3.05) is 69.4 Å². The first-order valence-corrected chi connectivity index (χ1v) is 40.6. The van der Waals surface area contributed by atoms with E-state index in [2.05, 4.69) is 89.4 Å². The van der Waals surface area contributed by atoms with Crippen LogP contribution in [0.3, 0.4) is 0 Å². The number of carbonyl (C=O) groups is 18. The first-order chi connectivity index (χ1) is 54.1. The van der Waals surface area contributed by atoms with Gasteiger partial charge >= 0.3 is 11.9 Å². The van der Waals surface area contributed by atoms with Gasteiger partial charge in [0.15, 0.2) is 17.9 Å². The molecule has 49 heteroatoms. The van der Waals surface area contributed by atoms with Crippen LogP contribution in [0.1, 0.15) is 125 Å². The molecule has 0 spiro atoms. The Balaban J connectivity index is 2.94. The van der Waals surface area contributed by atoms with E-state index in [1.807, 2.05) is 0 Å². The fraction of sp³-hybridized carbons (Fsp3) is 0.682. The lowest BCUT2D eigenvalue weighted by molar-refractivity contribution is -0.142. The molecule has 2 aliphatic rings. The number of aliphatic imine (C=N–C) groups is 3. The number of carboxylic acids is 2. The van der Waals surface area contributed by atoms with E-state index >= 15 is 9.59 Å². The summed E-state index contributed by atoms with van der Waals surface area (Å²) in [6.07, 6.45) is -0.521. The Morgan fingerprint density at radius 2 is 1.10 bits per heavy atom. The Labute approximate surface area is 675 Å². The van der Waals surface area contributed by atoms with Gasteiger partial charge in [0, 0.05) is 44.6 Å². The number of carboxylic acid groups (broad SMARTS) is 2. The number of hydrogen-bond acceptors (Lipinski definition) is 25. The SMILES string of the molecule is CSCC[C@@H]1NC(=O)[C@@H](NC(=O)[C@H](CC(C)C)NC(=O)CNC(=O)[C@H](CO)NC(=O)[C@H](CC(=O)O)NC(C)=O)CSSC[C@@H](C(=O)N[C@@H](CC(=O)O)C(=O)N[C@@H](C)C(=O)N[C@@H](CCCN=C(N)N)C(N)=O)NC(=O)CNC(=O)[C@H](CCCN=C(N)N)NC(=O)[C@H](CC(C)C)NC(=O)[C@H](CCCN=C(N)N)NC(=O)[C@@H]2CCCN2C1=O. The van der Waals surface area contributed by atoms with E-state index in [0.717, 1.165) is 35.4 Å². The minimum absolute atomic E-state index is 0.0266. The molecule has 2 aliphatic heterocycles. The zero-order valence-electron chi connectivity index (χ0n) is 65.2. The second-order valence-corrected chi connectivity index (χ2v) is 31.1. The highest BCUT2D eigenvalue weighted by Gasteiger charge is 2.42. The van der Waals surface area contributed by atoms with Gasteiger partial charge in [-0.2, -0.15) is 11.8 Å². The number of hydrogen-bond donors (Lipinski definition) is 24. The summed E-state index contributed by atoms with van der Waals surface area (Å²) >= 11 is 1.27. The molecule has 0 bridgehead atoms. The van der Waals surface area contributed by atoms with Gasteiger partial charge < -0.3 is 135 Å². The molecule has 2 rings (SSSR count). The number of primary amides is 1. The van der Waals surface area contributed by atoms with Crippen molar-refractivity contribution in [3.8, 4) is 0 Å². The van der Waals surface area contributed by atoms with E-state index in [-0.39, 0.29) is 126 Å². The molecule has 115 heavy (non-hydrogen) atoms. The Morgan fingerprint density at radius 3 is 1.64 bits per heavy atom. The van der Waals surface area contributed by atoms with Crippen molar-refractivity contribution >= 4 is 158 Å². The summed E-state index contributed by atoms with van der Waals surface area (Å²) in [6, 6.07) is -20.6. The smallest absolute Gasteiger partial charge is 0.305 e. The largest absolute Gasteiger partial charge is 0.481 e. The molecule has 0 aromatic rings. The van der Waals surface area contributed by atoms with Crippen LogP contribution in [-0.4, -0.2) is 292 Å². The number of thioether (sulfide) groups is 1. The van der Waals surface area contributed by atoms with Crippen molar-refractivity contribution < 1.29 is 102 Å². The number of rotatable bonds is 40. The zero-order chi connectivity index (χ0) is 86.8. The average Bonchev–Trinajstić information content (AvgIpc) is 1.72. The number of nitrogens with one attached hydrogen (secondary N) is 14. The summed E-state index contributed by atoms with van der Waals surface area (Å²) in [5, 5.41) is 63.2. The van der Waals surface area contributed by atoms with Gasteiger partial charge in [-0.05, 0) is 101 Å². The van der Waals surface area contributed by atoms with Crippen molar-refractivity contribution in [1.82, 2.24) is 79.3 Å². The number of fused-ring (bicyclic) bond motifs is 1. The van der Waals surface area contributed by atoms with E-state index in [4.69, 9.17) is 40.1 Å².